The monoisotopic (exact) mass is 300 g/mol. The molecule has 0 aliphatic rings. The quantitative estimate of drug-likeness (QED) is 0.627. The van der Waals surface area contributed by atoms with E-state index in [1.165, 1.54) is 30.2 Å². The molecule has 0 N–H and O–H groups in total. The van der Waals surface area contributed by atoms with Crippen LogP contribution in [0, 0.1) is 10.1 Å². The Labute approximate surface area is 128 Å². The van der Waals surface area contributed by atoms with Crippen LogP contribution in [0.5, 0.6) is 5.75 Å². The first-order chi connectivity index (χ1) is 10.6. The maximum Gasteiger partial charge on any atom is 0.270 e. The molecule has 0 saturated carbocycles. The van der Waals surface area contributed by atoms with Crippen molar-refractivity contribution in [2.24, 2.45) is 0 Å². The SMILES string of the molecule is CCN(C(=O)c1cccc([N+](=O)[O-])c1)c1ccccc1OC. The van der Waals surface area contributed by atoms with Crippen LogP contribution in [-0.4, -0.2) is 24.5 Å². The number of para-hydroxylation sites is 2. The van der Waals surface area contributed by atoms with E-state index < -0.39 is 4.92 Å². The van der Waals surface area contributed by atoms with Crippen LogP contribution in [0.4, 0.5) is 11.4 Å². The summed E-state index contributed by atoms with van der Waals surface area (Å²) in [5, 5.41) is 10.8. The lowest BCUT2D eigenvalue weighted by Gasteiger charge is -2.23. The van der Waals surface area contributed by atoms with Gasteiger partial charge in [-0.05, 0) is 25.1 Å². The maximum atomic E-state index is 12.7. The summed E-state index contributed by atoms with van der Waals surface area (Å²) in [6.07, 6.45) is 0. The van der Waals surface area contributed by atoms with Gasteiger partial charge in [-0.1, -0.05) is 18.2 Å². The molecule has 0 unspecified atom stereocenters. The lowest BCUT2D eigenvalue weighted by Crippen LogP contribution is -2.31. The van der Waals surface area contributed by atoms with Crippen molar-refractivity contribution >= 4 is 17.3 Å². The van der Waals surface area contributed by atoms with E-state index in [1.54, 1.807) is 24.3 Å². The van der Waals surface area contributed by atoms with E-state index >= 15 is 0 Å². The number of nitro benzene ring substituents is 1. The molecule has 2 aromatic carbocycles. The van der Waals surface area contributed by atoms with Crippen LogP contribution >= 0.6 is 0 Å². The third kappa shape index (κ3) is 3.06. The summed E-state index contributed by atoms with van der Waals surface area (Å²) in [5.41, 5.74) is 0.785. The van der Waals surface area contributed by atoms with Gasteiger partial charge >= 0.3 is 0 Å². The highest BCUT2D eigenvalue weighted by atomic mass is 16.6. The molecule has 1 amide bonds. The molecule has 0 spiro atoms. The van der Waals surface area contributed by atoms with Crippen molar-refractivity contribution < 1.29 is 14.5 Å². The van der Waals surface area contributed by atoms with Gasteiger partial charge in [0.1, 0.15) is 5.75 Å². The highest BCUT2D eigenvalue weighted by molar-refractivity contribution is 6.07. The summed E-state index contributed by atoms with van der Waals surface area (Å²) < 4.78 is 5.27. The molecule has 0 aliphatic heterocycles. The zero-order chi connectivity index (χ0) is 16.1. The summed E-state index contributed by atoms with van der Waals surface area (Å²) in [7, 11) is 1.53. The number of nitrogens with zero attached hydrogens (tertiary/aromatic N) is 2. The fourth-order valence-electron chi connectivity index (χ4n) is 2.18. The van der Waals surface area contributed by atoms with Gasteiger partial charge in [0.25, 0.3) is 11.6 Å². The standard InChI is InChI=1S/C16H16N2O4/c1-3-17(14-9-4-5-10-15(14)22-2)16(19)12-7-6-8-13(11-12)18(20)21/h4-11H,3H2,1-2H3. The maximum absolute atomic E-state index is 12.7. The second-order valence-electron chi connectivity index (χ2n) is 4.53. The Morgan fingerprint density at radius 3 is 2.59 bits per heavy atom. The number of non-ortho nitro benzene ring substituents is 1. The lowest BCUT2D eigenvalue weighted by atomic mass is 10.1. The zero-order valence-corrected chi connectivity index (χ0v) is 12.4. The van der Waals surface area contributed by atoms with E-state index in [4.69, 9.17) is 4.74 Å². The number of hydrogen-bond acceptors (Lipinski definition) is 4. The van der Waals surface area contributed by atoms with Gasteiger partial charge in [-0.2, -0.15) is 0 Å². The molecule has 22 heavy (non-hydrogen) atoms. The number of carbonyl (C=O) groups excluding carboxylic acids is 1. The first-order valence-electron chi connectivity index (χ1n) is 6.77. The molecule has 2 aromatic rings. The second kappa shape index (κ2) is 6.71. The normalized spacial score (nSPS) is 10.1. The summed E-state index contributed by atoms with van der Waals surface area (Å²) in [6, 6.07) is 12.9. The predicted octanol–water partition coefficient (Wildman–Crippen LogP) is 3.27. The van der Waals surface area contributed by atoms with Crippen LogP contribution in [0.2, 0.25) is 0 Å². The molecule has 0 bridgehead atoms. The number of benzene rings is 2. The largest absolute Gasteiger partial charge is 0.495 e. The fraction of sp³-hybridized carbons (Fsp3) is 0.188. The first-order valence-corrected chi connectivity index (χ1v) is 6.77. The number of ether oxygens (including phenoxy) is 1. The number of rotatable bonds is 5. The number of nitro groups is 1. The number of amides is 1. The van der Waals surface area contributed by atoms with E-state index in [-0.39, 0.29) is 17.2 Å². The van der Waals surface area contributed by atoms with Gasteiger partial charge in [-0.25, -0.2) is 0 Å². The van der Waals surface area contributed by atoms with Gasteiger partial charge in [0, 0.05) is 24.2 Å². The van der Waals surface area contributed by atoms with E-state index in [9.17, 15) is 14.9 Å². The first kappa shape index (κ1) is 15.5. The number of carbonyl (C=O) groups is 1. The fourth-order valence-corrected chi connectivity index (χ4v) is 2.18. The Morgan fingerprint density at radius 2 is 1.95 bits per heavy atom. The Morgan fingerprint density at radius 1 is 1.23 bits per heavy atom. The van der Waals surface area contributed by atoms with Crippen molar-refractivity contribution in [2.75, 3.05) is 18.6 Å². The Kier molecular flexibility index (Phi) is 4.73. The van der Waals surface area contributed by atoms with Crippen molar-refractivity contribution in [1.29, 1.82) is 0 Å². The molecule has 0 fully saturated rings. The minimum atomic E-state index is -0.518. The van der Waals surface area contributed by atoms with Gasteiger partial charge in [0.15, 0.2) is 0 Å². The van der Waals surface area contributed by atoms with Crippen LogP contribution in [0.3, 0.4) is 0 Å². The molecule has 0 aliphatic carbocycles. The number of methoxy groups -OCH3 is 1. The van der Waals surface area contributed by atoms with Crippen molar-refractivity contribution in [3.8, 4) is 5.75 Å². The van der Waals surface area contributed by atoms with Gasteiger partial charge in [0.2, 0.25) is 0 Å². The molecular formula is C16H16N2O4. The molecule has 2 rings (SSSR count). The zero-order valence-electron chi connectivity index (χ0n) is 12.4. The lowest BCUT2D eigenvalue weighted by molar-refractivity contribution is -0.384. The Bertz CT molecular complexity index is 700. The van der Waals surface area contributed by atoms with E-state index in [1.807, 2.05) is 13.0 Å². The topological polar surface area (TPSA) is 72.7 Å². The summed E-state index contributed by atoms with van der Waals surface area (Å²) in [6.45, 7) is 2.25. The third-order valence-corrected chi connectivity index (χ3v) is 3.24. The molecule has 114 valence electrons. The average Bonchev–Trinajstić information content (AvgIpc) is 2.56. The molecule has 6 heteroatoms. The molecular weight excluding hydrogens is 284 g/mol. The second-order valence-corrected chi connectivity index (χ2v) is 4.53. The van der Waals surface area contributed by atoms with Crippen molar-refractivity contribution in [1.82, 2.24) is 0 Å². The van der Waals surface area contributed by atoms with E-state index in [2.05, 4.69) is 0 Å². The molecule has 0 heterocycles. The third-order valence-electron chi connectivity index (χ3n) is 3.24. The summed E-state index contributed by atoms with van der Waals surface area (Å²) in [4.78, 5) is 24.5. The smallest absolute Gasteiger partial charge is 0.270 e. The molecule has 0 aromatic heterocycles. The van der Waals surface area contributed by atoms with Gasteiger partial charge < -0.3 is 9.64 Å². The van der Waals surface area contributed by atoms with Crippen LogP contribution in [0.15, 0.2) is 48.5 Å². The van der Waals surface area contributed by atoms with E-state index in [0.717, 1.165) is 0 Å². The molecule has 6 nitrogen and oxygen atoms in total. The summed E-state index contributed by atoms with van der Waals surface area (Å²) in [5.74, 6) is 0.263. The summed E-state index contributed by atoms with van der Waals surface area (Å²) >= 11 is 0. The van der Waals surface area contributed by atoms with Gasteiger partial charge in [0.05, 0.1) is 17.7 Å². The van der Waals surface area contributed by atoms with Crippen LogP contribution in [0.1, 0.15) is 17.3 Å². The Balaban J connectivity index is 2.41. The minimum absolute atomic E-state index is 0.109. The minimum Gasteiger partial charge on any atom is -0.495 e. The number of anilines is 1. The van der Waals surface area contributed by atoms with Crippen molar-refractivity contribution in [3.63, 3.8) is 0 Å². The van der Waals surface area contributed by atoms with Gasteiger partial charge in [-0.15, -0.1) is 0 Å². The highest BCUT2D eigenvalue weighted by Crippen LogP contribution is 2.29. The van der Waals surface area contributed by atoms with Crippen molar-refractivity contribution in [3.05, 3.63) is 64.2 Å². The van der Waals surface area contributed by atoms with Crippen LogP contribution in [0.25, 0.3) is 0 Å². The van der Waals surface area contributed by atoms with Crippen LogP contribution in [-0.2, 0) is 0 Å². The number of hydrogen-bond donors (Lipinski definition) is 0. The predicted molar refractivity (Wildman–Crippen MR) is 83.4 cm³/mol. The van der Waals surface area contributed by atoms with Gasteiger partial charge in [-0.3, -0.25) is 14.9 Å². The highest BCUT2D eigenvalue weighted by Gasteiger charge is 2.20. The molecule has 0 radical (unpaired) electrons. The molecule has 0 saturated heterocycles. The van der Waals surface area contributed by atoms with Crippen LogP contribution < -0.4 is 9.64 Å². The average molecular weight is 300 g/mol. The Hall–Kier alpha value is -2.89. The van der Waals surface area contributed by atoms with Crippen molar-refractivity contribution in [2.45, 2.75) is 6.92 Å². The van der Waals surface area contributed by atoms with E-state index in [0.29, 0.717) is 18.0 Å². The molecule has 0 atom stereocenters.